The third kappa shape index (κ3) is 3.62. The van der Waals surface area contributed by atoms with E-state index in [0.29, 0.717) is 11.5 Å². The molecule has 0 radical (unpaired) electrons. The highest BCUT2D eigenvalue weighted by Crippen LogP contribution is 2.25. The fraction of sp³-hybridized carbons (Fsp3) is 0.692. The molecule has 1 nitrogen and oxygen atoms in total. The zero-order chi connectivity index (χ0) is 11.5. The van der Waals surface area contributed by atoms with E-state index in [-0.39, 0.29) is 0 Å². The average Bonchev–Trinajstić information content (AvgIpc) is 2.61. The minimum Gasteiger partial charge on any atom is -0.309 e. The van der Waals surface area contributed by atoms with Crippen LogP contribution in [0.2, 0.25) is 0 Å². The molecule has 15 heavy (non-hydrogen) atoms. The first-order chi connectivity index (χ1) is 6.96. The molecular formula is C13H23NS. The van der Waals surface area contributed by atoms with Crippen molar-refractivity contribution in [1.82, 2.24) is 5.32 Å². The maximum atomic E-state index is 3.63. The first-order valence-corrected chi connectivity index (χ1v) is 6.61. The van der Waals surface area contributed by atoms with Gasteiger partial charge in [0, 0.05) is 17.5 Å². The van der Waals surface area contributed by atoms with Gasteiger partial charge in [0.05, 0.1) is 0 Å². The third-order valence-electron chi connectivity index (χ3n) is 3.14. The van der Waals surface area contributed by atoms with Gasteiger partial charge in [-0.1, -0.05) is 20.8 Å². The van der Waals surface area contributed by atoms with E-state index >= 15 is 0 Å². The molecule has 1 aromatic rings. The van der Waals surface area contributed by atoms with Crippen molar-refractivity contribution in [3.05, 3.63) is 21.9 Å². The van der Waals surface area contributed by atoms with Crippen molar-refractivity contribution < 1.29 is 0 Å². The second-order valence-electron chi connectivity index (χ2n) is 5.09. The lowest BCUT2D eigenvalue weighted by Gasteiger charge is -2.25. The Morgan fingerprint density at radius 3 is 2.60 bits per heavy atom. The number of thiophene rings is 1. The van der Waals surface area contributed by atoms with Crippen LogP contribution in [0.3, 0.4) is 0 Å². The van der Waals surface area contributed by atoms with Gasteiger partial charge in [0.15, 0.2) is 0 Å². The lowest BCUT2D eigenvalue weighted by atomic mass is 9.90. The number of hydrogen-bond donors (Lipinski definition) is 1. The molecule has 1 heterocycles. The summed E-state index contributed by atoms with van der Waals surface area (Å²) in [6.45, 7) is 12.4. The van der Waals surface area contributed by atoms with Crippen LogP contribution in [0.4, 0.5) is 0 Å². The van der Waals surface area contributed by atoms with Gasteiger partial charge >= 0.3 is 0 Å². The van der Waals surface area contributed by atoms with Gasteiger partial charge in [0.25, 0.3) is 0 Å². The van der Waals surface area contributed by atoms with Crippen LogP contribution < -0.4 is 5.32 Å². The molecule has 0 aliphatic rings. The molecule has 0 amide bonds. The van der Waals surface area contributed by atoms with Crippen LogP contribution in [0, 0.1) is 12.3 Å². The molecule has 0 saturated carbocycles. The lowest BCUT2D eigenvalue weighted by Crippen LogP contribution is -2.30. The largest absolute Gasteiger partial charge is 0.309 e. The van der Waals surface area contributed by atoms with E-state index in [1.54, 1.807) is 0 Å². The SMILES string of the molecule is CCC(C)(C)CNC(C)c1sccc1C. The highest BCUT2D eigenvalue weighted by atomic mass is 32.1. The van der Waals surface area contributed by atoms with Crippen molar-refractivity contribution in [1.29, 1.82) is 0 Å². The summed E-state index contributed by atoms with van der Waals surface area (Å²) in [5.74, 6) is 0. The van der Waals surface area contributed by atoms with Gasteiger partial charge in [-0.05, 0) is 42.7 Å². The lowest BCUT2D eigenvalue weighted by molar-refractivity contribution is 0.314. The zero-order valence-electron chi connectivity index (χ0n) is 10.6. The predicted molar refractivity (Wildman–Crippen MR) is 69.5 cm³/mol. The Morgan fingerprint density at radius 2 is 2.13 bits per heavy atom. The molecule has 1 N–H and O–H groups in total. The molecule has 0 aliphatic heterocycles. The molecule has 1 rings (SSSR count). The Labute approximate surface area is 97.9 Å². The Morgan fingerprint density at radius 1 is 1.47 bits per heavy atom. The maximum absolute atomic E-state index is 3.63. The van der Waals surface area contributed by atoms with Crippen molar-refractivity contribution in [2.24, 2.45) is 5.41 Å². The number of hydrogen-bond acceptors (Lipinski definition) is 2. The molecule has 0 spiro atoms. The van der Waals surface area contributed by atoms with Gasteiger partial charge in [-0.15, -0.1) is 11.3 Å². The fourth-order valence-electron chi connectivity index (χ4n) is 1.48. The summed E-state index contributed by atoms with van der Waals surface area (Å²) < 4.78 is 0. The summed E-state index contributed by atoms with van der Waals surface area (Å²) in [4.78, 5) is 1.47. The van der Waals surface area contributed by atoms with Crippen LogP contribution >= 0.6 is 11.3 Å². The van der Waals surface area contributed by atoms with Crippen LogP contribution in [0.5, 0.6) is 0 Å². The van der Waals surface area contributed by atoms with E-state index in [9.17, 15) is 0 Å². The number of aryl methyl sites for hydroxylation is 1. The van der Waals surface area contributed by atoms with Crippen molar-refractivity contribution in [2.45, 2.75) is 47.1 Å². The van der Waals surface area contributed by atoms with Crippen LogP contribution in [-0.4, -0.2) is 6.54 Å². The van der Waals surface area contributed by atoms with Gasteiger partial charge in [0.1, 0.15) is 0 Å². The van der Waals surface area contributed by atoms with Crippen LogP contribution in [0.15, 0.2) is 11.4 Å². The van der Waals surface area contributed by atoms with E-state index < -0.39 is 0 Å². The Kier molecular flexibility index (Phi) is 4.35. The Bertz CT molecular complexity index is 301. The molecule has 0 aliphatic carbocycles. The van der Waals surface area contributed by atoms with Gasteiger partial charge in [0.2, 0.25) is 0 Å². The minimum absolute atomic E-state index is 0.402. The van der Waals surface area contributed by atoms with E-state index in [4.69, 9.17) is 0 Å². The topological polar surface area (TPSA) is 12.0 Å². The van der Waals surface area contributed by atoms with Gasteiger partial charge in [-0.25, -0.2) is 0 Å². The summed E-state index contributed by atoms with van der Waals surface area (Å²) in [7, 11) is 0. The quantitative estimate of drug-likeness (QED) is 0.794. The van der Waals surface area contributed by atoms with E-state index in [0.717, 1.165) is 6.54 Å². The molecule has 1 aromatic heterocycles. The Balaban J connectivity index is 2.50. The minimum atomic E-state index is 0.402. The second kappa shape index (κ2) is 5.13. The van der Waals surface area contributed by atoms with Gasteiger partial charge in [-0.3, -0.25) is 0 Å². The van der Waals surface area contributed by atoms with Crippen molar-refractivity contribution in [3.63, 3.8) is 0 Å². The smallest absolute Gasteiger partial charge is 0.0388 e. The summed E-state index contributed by atoms with van der Waals surface area (Å²) >= 11 is 1.85. The van der Waals surface area contributed by atoms with Crippen LogP contribution in [-0.2, 0) is 0 Å². The molecule has 0 fully saturated rings. The highest BCUT2D eigenvalue weighted by Gasteiger charge is 2.17. The molecule has 0 bridgehead atoms. The second-order valence-corrected chi connectivity index (χ2v) is 6.04. The number of rotatable bonds is 5. The van der Waals surface area contributed by atoms with E-state index in [1.165, 1.54) is 16.9 Å². The van der Waals surface area contributed by atoms with Crippen molar-refractivity contribution >= 4 is 11.3 Å². The summed E-state index contributed by atoms with van der Waals surface area (Å²) in [6.07, 6.45) is 1.22. The zero-order valence-corrected chi connectivity index (χ0v) is 11.4. The number of nitrogens with one attached hydrogen (secondary N) is 1. The standard InChI is InChI=1S/C13H23NS/c1-6-13(4,5)9-14-11(3)12-10(2)7-8-15-12/h7-8,11,14H,6,9H2,1-5H3. The normalized spacial score (nSPS) is 14.2. The van der Waals surface area contributed by atoms with E-state index in [2.05, 4.69) is 51.4 Å². The van der Waals surface area contributed by atoms with Gasteiger partial charge < -0.3 is 5.32 Å². The molecular weight excluding hydrogens is 202 g/mol. The Hall–Kier alpha value is -0.340. The molecule has 0 saturated heterocycles. The van der Waals surface area contributed by atoms with Gasteiger partial charge in [-0.2, -0.15) is 0 Å². The first kappa shape index (κ1) is 12.7. The van der Waals surface area contributed by atoms with E-state index in [1.807, 2.05) is 11.3 Å². The molecule has 1 unspecified atom stereocenters. The summed E-state index contributed by atoms with van der Waals surface area (Å²) in [6, 6.07) is 2.68. The monoisotopic (exact) mass is 225 g/mol. The first-order valence-electron chi connectivity index (χ1n) is 5.73. The third-order valence-corrected chi connectivity index (χ3v) is 4.34. The maximum Gasteiger partial charge on any atom is 0.0388 e. The highest BCUT2D eigenvalue weighted by molar-refractivity contribution is 7.10. The molecule has 0 aromatic carbocycles. The summed E-state index contributed by atoms with van der Waals surface area (Å²) in [5.41, 5.74) is 1.81. The average molecular weight is 225 g/mol. The predicted octanol–water partition coefficient (Wildman–Crippen LogP) is 4.14. The molecule has 1 atom stereocenters. The van der Waals surface area contributed by atoms with Crippen LogP contribution in [0.25, 0.3) is 0 Å². The summed E-state index contributed by atoms with van der Waals surface area (Å²) in [5, 5.41) is 5.80. The van der Waals surface area contributed by atoms with Crippen molar-refractivity contribution in [3.8, 4) is 0 Å². The van der Waals surface area contributed by atoms with Crippen molar-refractivity contribution in [2.75, 3.05) is 6.54 Å². The fourth-order valence-corrected chi connectivity index (χ4v) is 2.44. The molecule has 2 heteroatoms. The molecule has 86 valence electrons. The van der Waals surface area contributed by atoms with Crippen LogP contribution in [0.1, 0.15) is 50.6 Å².